The van der Waals surface area contributed by atoms with Crippen LogP contribution in [0.15, 0.2) is 82.6 Å². The maximum Gasteiger partial charge on any atom is 0.130 e. The molecule has 0 fully saturated rings. The van der Waals surface area contributed by atoms with Crippen LogP contribution in [0.2, 0.25) is 0 Å². The van der Waals surface area contributed by atoms with Gasteiger partial charge >= 0.3 is 0 Å². The molecule has 2 nitrogen and oxygen atoms in total. The molecule has 0 aliphatic rings. The van der Waals surface area contributed by atoms with Gasteiger partial charge in [0.15, 0.2) is 0 Å². The first kappa shape index (κ1) is 28.6. The van der Waals surface area contributed by atoms with Crippen LogP contribution < -0.4 is 0 Å². The van der Waals surface area contributed by atoms with E-state index in [9.17, 15) is 8.78 Å². The van der Waals surface area contributed by atoms with Crippen LogP contribution in [0.1, 0.15) is 23.2 Å². The Morgan fingerprint density at radius 1 is 0.514 bits per heavy atom. The van der Waals surface area contributed by atoms with E-state index in [0.29, 0.717) is 24.3 Å². The Balaban J connectivity index is 0.00000380. The van der Waals surface area contributed by atoms with Crippen molar-refractivity contribution in [2.24, 2.45) is 0 Å². The Labute approximate surface area is 230 Å². The molecule has 0 aliphatic heterocycles. The minimum absolute atomic E-state index is 0. The Bertz CT molecular complexity index is 1270. The normalized spacial score (nSPS) is 12.4. The van der Waals surface area contributed by atoms with Crippen molar-refractivity contribution in [3.05, 3.63) is 129 Å². The van der Waals surface area contributed by atoms with Gasteiger partial charge in [-0.05, 0) is 0 Å². The van der Waals surface area contributed by atoms with Gasteiger partial charge in [-0.2, -0.15) is 21.2 Å². The quantitative estimate of drug-likeness (QED) is 0.123. The van der Waals surface area contributed by atoms with E-state index in [1.54, 1.807) is 24.3 Å². The Morgan fingerprint density at radius 2 is 0.811 bits per heavy atom. The molecule has 196 valence electrons. The van der Waals surface area contributed by atoms with Gasteiger partial charge in [0.05, 0.1) is 0 Å². The minimum atomic E-state index is -1.79. The van der Waals surface area contributed by atoms with E-state index in [2.05, 4.69) is 10.6 Å². The van der Waals surface area contributed by atoms with Crippen LogP contribution in [-0.2, 0) is 41.7 Å². The Kier molecular flexibility index (Phi) is 9.28. The van der Waals surface area contributed by atoms with Gasteiger partial charge in [-0.15, -0.1) is 0 Å². The zero-order chi connectivity index (χ0) is 26.0. The molecule has 0 aliphatic carbocycles. The van der Waals surface area contributed by atoms with Crippen LogP contribution in [0, 0.1) is 34.9 Å². The van der Waals surface area contributed by atoms with Gasteiger partial charge in [0.25, 0.3) is 0 Å². The fraction of sp³-hybridized carbons (Fsp3) is 0.0769. The average molecular weight is 591 g/mol. The monoisotopic (exact) mass is 590 g/mol. The second kappa shape index (κ2) is 12.0. The van der Waals surface area contributed by atoms with Gasteiger partial charge < -0.3 is 35.9 Å². The van der Waals surface area contributed by atoms with Crippen molar-refractivity contribution < 1.29 is 42.8 Å². The third kappa shape index (κ3) is 6.29. The topological polar surface area (TPSA) is 28.2 Å². The molecular formula is C26H14F6N2NiS2-4. The molecule has 0 heterocycles. The summed E-state index contributed by atoms with van der Waals surface area (Å²) in [6.07, 6.45) is 0. The second-order valence-electron chi connectivity index (χ2n) is 7.65. The molecule has 4 aromatic carbocycles. The predicted molar refractivity (Wildman–Crippen MR) is 128 cm³/mol. The summed E-state index contributed by atoms with van der Waals surface area (Å²) in [4.78, 5) is 0.348. The van der Waals surface area contributed by atoms with Crippen LogP contribution >= 0.6 is 0 Å². The summed E-state index contributed by atoms with van der Waals surface area (Å²) in [5.74, 6) is -7.87. The van der Waals surface area contributed by atoms with E-state index in [1.807, 2.05) is 0 Å². The second-order valence-corrected chi connectivity index (χ2v) is 8.53. The molecule has 0 saturated carbocycles. The molecule has 4 rings (SSSR count). The van der Waals surface area contributed by atoms with Crippen LogP contribution in [0.3, 0.4) is 0 Å². The standard InChI is InChI=1S/C26H16F6N2S2.Ni/c27-13-9-15(29)23(16(30)10-13)25(33-19-5-1-3-7-21(19)35)26(34-20-6-2-4-8-22(20)36)24-17(31)11-14(28)12-18(24)32;/h1-12,25-26,35-36H;/q-2;/p-2. The number of rotatable bonds is 7. The van der Waals surface area contributed by atoms with E-state index in [0.717, 1.165) is 0 Å². The van der Waals surface area contributed by atoms with Crippen molar-refractivity contribution in [3.63, 3.8) is 0 Å². The maximum absolute atomic E-state index is 15.0. The number of para-hydroxylation sites is 2. The molecule has 0 spiro atoms. The third-order valence-electron chi connectivity index (χ3n) is 5.27. The van der Waals surface area contributed by atoms with Gasteiger partial charge in [-0.3, -0.25) is 0 Å². The number of hydrogen-bond donors (Lipinski definition) is 0. The fourth-order valence-electron chi connectivity index (χ4n) is 3.69. The maximum atomic E-state index is 15.0. The van der Waals surface area contributed by atoms with Crippen LogP contribution in [-0.4, -0.2) is 0 Å². The first-order valence-corrected chi connectivity index (χ1v) is 11.2. The van der Waals surface area contributed by atoms with E-state index in [1.165, 1.54) is 24.3 Å². The molecule has 0 radical (unpaired) electrons. The molecule has 37 heavy (non-hydrogen) atoms. The number of hydrogen-bond acceptors (Lipinski definition) is 2. The molecule has 0 saturated heterocycles. The van der Waals surface area contributed by atoms with Crippen LogP contribution in [0.4, 0.5) is 37.7 Å². The molecule has 2 atom stereocenters. The van der Waals surface area contributed by atoms with Gasteiger partial charge in [-0.1, -0.05) is 60.6 Å². The van der Waals surface area contributed by atoms with Crippen molar-refractivity contribution >= 4 is 36.6 Å². The first-order chi connectivity index (χ1) is 17.2. The van der Waals surface area contributed by atoms with E-state index >= 15 is 17.6 Å². The van der Waals surface area contributed by atoms with E-state index < -0.39 is 58.1 Å². The molecule has 0 amide bonds. The smallest absolute Gasteiger partial charge is 0.130 e. The fourth-order valence-corrected chi connectivity index (χ4v) is 4.08. The van der Waals surface area contributed by atoms with Crippen molar-refractivity contribution in [2.45, 2.75) is 21.9 Å². The number of halogens is 6. The van der Waals surface area contributed by atoms with E-state index in [4.69, 9.17) is 25.3 Å². The summed E-state index contributed by atoms with van der Waals surface area (Å²) in [6.45, 7) is 0. The van der Waals surface area contributed by atoms with Gasteiger partial charge in [0.2, 0.25) is 0 Å². The summed E-state index contributed by atoms with van der Waals surface area (Å²) < 4.78 is 87.7. The molecule has 11 heteroatoms. The largest absolute Gasteiger partial charge is 0.781 e. The van der Waals surface area contributed by atoms with E-state index in [-0.39, 0.29) is 37.7 Å². The third-order valence-corrected chi connectivity index (χ3v) is 5.96. The average Bonchev–Trinajstić information content (AvgIpc) is 2.79. The van der Waals surface area contributed by atoms with Crippen LogP contribution in [0.5, 0.6) is 0 Å². The van der Waals surface area contributed by atoms with Gasteiger partial charge in [0.1, 0.15) is 34.9 Å². The number of nitrogens with zero attached hydrogens (tertiary/aromatic N) is 2. The molecular weight excluding hydrogens is 577 g/mol. The molecule has 0 N–H and O–H groups in total. The molecule has 4 aromatic rings. The predicted octanol–water partition coefficient (Wildman–Crippen LogP) is 8.52. The Morgan fingerprint density at radius 3 is 1.11 bits per heavy atom. The van der Waals surface area contributed by atoms with Crippen LogP contribution in [0.25, 0.3) is 10.6 Å². The van der Waals surface area contributed by atoms with Crippen molar-refractivity contribution in [3.8, 4) is 0 Å². The summed E-state index contributed by atoms with van der Waals surface area (Å²) >= 11 is 10.5. The SMILES string of the molecule is Fc1cc(F)c(C([N-]c2ccccc2[S-])C([N-]c2ccccc2[S-])c2c(F)cc(F)cc2F)c(F)c1.[Ni]. The number of benzene rings is 4. The molecule has 0 aromatic heterocycles. The zero-order valence-corrected chi connectivity index (χ0v) is 21.0. The first-order valence-electron chi connectivity index (χ1n) is 10.4. The van der Waals surface area contributed by atoms with Crippen molar-refractivity contribution in [1.82, 2.24) is 0 Å². The Hall–Kier alpha value is -3.01. The summed E-state index contributed by atoms with van der Waals surface area (Å²) in [7, 11) is 0. The molecule has 2 unspecified atom stereocenters. The zero-order valence-electron chi connectivity index (χ0n) is 18.4. The van der Waals surface area contributed by atoms with Gasteiger partial charge in [0, 0.05) is 51.9 Å². The van der Waals surface area contributed by atoms with Gasteiger partial charge in [-0.25, -0.2) is 26.3 Å². The minimum Gasteiger partial charge on any atom is -0.781 e. The summed E-state index contributed by atoms with van der Waals surface area (Å²) in [5.41, 5.74) is -1.49. The summed E-state index contributed by atoms with van der Waals surface area (Å²) in [6, 6.07) is 10.2. The van der Waals surface area contributed by atoms with Crippen molar-refractivity contribution in [1.29, 1.82) is 0 Å². The van der Waals surface area contributed by atoms with Crippen molar-refractivity contribution in [2.75, 3.05) is 0 Å². The summed E-state index contributed by atoms with van der Waals surface area (Å²) in [5, 5.41) is 8.65. The molecule has 0 bridgehead atoms.